The van der Waals surface area contributed by atoms with Gasteiger partial charge < -0.3 is 0 Å². The minimum Gasteiger partial charge on any atom is -0.264 e. The Kier molecular flexibility index (Phi) is 36.6. The summed E-state index contributed by atoms with van der Waals surface area (Å²) in [5.41, 5.74) is 17.9. The molecule has 0 aliphatic carbocycles. The zero-order chi connectivity index (χ0) is 88.2. The molecule has 0 bridgehead atoms. The molecule has 7 aromatic carbocycles. The van der Waals surface area contributed by atoms with Gasteiger partial charge in [0.25, 0.3) is 0 Å². The number of rotatable bonds is 0. The van der Waals surface area contributed by atoms with Gasteiger partial charge >= 0.3 is 0 Å². The molecule has 0 amide bonds. The van der Waals surface area contributed by atoms with Crippen molar-refractivity contribution < 1.29 is 0 Å². The highest BCUT2D eigenvalue weighted by atomic mass is 14.9. The van der Waals surface area contributed by atoms with Crippen LogP contribution in [-0.4, -0.2) is 59.8 Å². The van der Waals surface area contributed by atoms with Crippen molar-refractivity contribution in [2.45, 2.75) is 208 Å². The maximum atomic E-state index is 4.66. The number of fused-ring (bicyclic) bond motifs is 18. The fraction of sp³-hybridized carbons (Fsp3) is 0.333. The standard InChI is InChI=1S/2C15H14N2.2C14H12N2.2C13H10N2.6C4H10/c1-9-4-5-12-6-7-13-11(3)16-10(2)8-14(13)15(12)17-9;1-9-4-5-12-6-7-13-8-10(2)16-11(3)14(13)15(12)17-9;1-9-3-4-11-5-6-12-7-10(2)15-8-13(12)14(11)16-9;1-9-3-4-12-6-5-11-7-8-15-10(2)13(11)14(12)16-9;1-9-2-3-11-5-4-10-6-7-14-8-12(10)13(11)15-9;1-9-14-8-12-11-5-3-2-4-10(11)6-7-13(12)15-9;6*1-4(2)3/h2*4-8H,1-3H3;2*3-8H,1-2H3;2*2-8H,1H3;6*4H,1-3H3. The Bertz CT molecular complexity index is 6310. The zero-order valence-corrected chi connectivity index (χ0v) is 77.6. The first-order valence-corrected chi connectivity index (χ1v) is 42.6. The molecule has 0 N–H and O–H groups in total. The van der Waals surface area contributed by atoms with E-state index in [-0.39, 0.29) is 0 Å². The van der Waals surface area contributed by atoms with Gasteiger partial charge in [0, 0.05) is 158 Å². The van der Waals surface area contributed by atoms with Crippen molar-refractivity contribution >= 4 is 130 Å². The quantitative estimate of drug-likeness (QED) is 0.133. The highest BCUT2D eigenvalue weighted by Crippen LogP contribution is 2.31. The van der Waals surface area contributed by atoms with Crippen molar-refractivity contribution in [1.29, 1.82) is 0 Å². The molecule has 11 aromatic heterocycles. The number of pyridine rings is 10. The minimum atomic E-state index is 0.817. The number of nitrogens with zero attached hydrogens (tertiary/aromatic N) is 12. The van der Waals surface area contributed by atoms with Crippen LogP contribution in [0.3, 0.4) is 0 Å². The van der Waals surface area contributed by atoms with Crippen LogP contribution in [0, 0.1) is 119 Å². The normalized spacial score (nSPS) is 10.7. The smallest absolute Gasteiger partial charge is 0.125 e. The molecule has 120 heavy (non-hydrogen) atoms. The van der Waals surface area contributed by atoms with Crippen molar-refractivity contribution in [2.24, 2.45) is 35.5 Å². The lowest BCUT2D eigenvalue weighted by atomic mass is 10.0. The summed E-state index contributed by atoms with van der Waals surface area (Å²) >= 11 is 0. The Morgan fingerprint density at radius 3 is 1.06 bits per heavy atom. The number of aromatic nitrogens is 12. The molecule has 12 nitrogen and oxygen atoms in total. The maximum absolute atomic E-state index is 4.66. The lowest BCUT2D eigenvalue weighted by molar-refractivity contribution is 0.736. The van der Waals surface area contributed by atoms with E-state index in [1.165, 1.54) is 80.8 Å². The van der Waals surface area contributed by atoms with Crippen LogP contribution in [0.2, 0.25) is 0 Å². The van der Waals surface area contributed by atoms with E-state index in [9.17, 15) is 0 Å². The third-order valence-electron chi connectivity index (χ3n) is 17.2. The zero-order valence-electron chi connectivity index (χ0n) is 77.6. The molecule has 0 atom stereocenters. The predicted octanol–water partition coefficient (Wildman–Crippen LogP) is 30.4. The lowest BCUT2D eigenvalue weighted by Gasteiger charge is -2.07. The summed E-state index contributed by atoms with van der Waals surface area (Å²) in [4.78, 5) is 53.6. The van der Waals surface area contributed by atoms with E-state index in [4.69, 9.17) is 0 Å². The Labute approximate surface area is 716 Å². The molecule has 624 valence electrons. The molecule has 0 spiro atoms. The van der Waals surface area contributed by atoms with Crippen LogP contribution >= 0.6 is 0 Å². The van der Waals surface area contributed by atoms with Crippen molar-refractivity contribution in [3.8, 4) is 0 Å². The van der Waals surface area contributed by atoms with E-state index in [0.29, 0.717) is 0 Å². The summed E-state index contributed by atoms with van der Waals surface area (Å²) in [7, 11) is 0. The Morgan fingerprint density at radius 2 is 0.550 bits per heavy atom. The summed E-state index contributed by atoms with van der Waals surface area (Å²) in [6.07, 6.45) is 9.35. The highest BCUT2D eigenvalue weighted by molar-refractivity contribution is 6.10. The summed E-state index contributed by atoms with van der Waals surface area (Å²) in [6.45, 7) is 63.2. The van der Waals surface area contributed by atoms with Crippen LogP contribution in [0.5, 0.6) is 0 Å². The van der Waals surface area contributed by atoms with Gasteiger partial charge in [0.2, 0.25) is 0 Å². The molecular weight excluding hydrogens is 1470 g/mol. The summed E-state index contributed by atoms with van der Waals surface area (Å²) in [5.74, 6) is 5.82. The highest BCUT2D eigenvalue weighted by Gasteiger charge is 2.11. The Morgan fingerprint density at radius 1 is 0.200 bits per heavy atom. The predicted molar refractivity (Wildman–Crippen MR) is 522 cm³/mol. The van der Waals surface area contributed by atoms with Gasteiger partial charge in [-0.2, -0.15) is 0 Å². The third-order valence-corrected chi connectivity index (χ3v) is 17.2. The molecule has 0 radical (unpaired) electrons. The summed E-state index contributed by atoms with van der Waals surface area (Å²) in [6, 6.07) is 64.8. The van der Waals surface area contributed by atoms with Gasteiger partial charge in [0.1, 0.15) is 5.82 Å². The fourth-order valence-electron chi connectivity index (χ4n) is 12.6. The first-order chi connectivity index (χ1) is 56.9. The summed E-state index contributed by atoms with van der Waals surface area (Å²) < 4.78 is 0. The molecule has 0 aliphatic heterocycles. The van der Waals surface area contributed by atoms with Crippen molar-refractivity contribution in [2.75, 3.05) is 0 Å². The molecule has 18 aromatic rings. The first-order valence-electron chi connectivity index (χ1n) is 42.6. The number of benzene rings is 7. The van der Waals surface area contributed by atoms with Crippen LogP contribution in [0.4, 0.5) is 0 Å². The SMILES string of the molecule is CC(C)C.CC(C)C.CC(C)C.CC(C)C.CC(C)C.CC(C)C.Cc1cc2c(ccc3ccc(C)nc32)c(C)n1.Cc1cc2ccc3ccc(C)nc3c2c(C)n1.Cc1cc2ccc3ccc(C)nc3c2cn1.Cc1ccc2ccc3ccnc(C)c3c2n1.Cc1ccc2ccc3ccncc3c2n1.Cc1ncc2c(ccc3ccccc32)n1. The second-order valence-corrected chi connectivity index (χ2v) is 35.0. The molecular formula is C108H132N12. The molecule has 0 saturated carbocycles. The topological polar surface area (TPSA) is 155 Å². The third kappa shape index (κ3) is 29.1. The first kappa shape index (κ1) is 95.4. The maximum Gasteiger partial charge on any atom is 0.125 e. The molecule has 0 fully saturated rings. The van der Waals surface area contributed by atoms with Crippen molar-refractivity contribution in [3.05, 3.63) is 287 Å². The van der Waals surface area contributed by atoms with Crippen LogP contribution in [-0.2, 0) is 0 Å². The van der Waals surface area contributed by atoms with Gasteiger partial charge in [0.15, 0.2) is 0 Å². The van der Waals surface area contributed by atoms with Crippen LogP contribution in [0.1, 0.15) is 193 Å². The molecule has 0 aliphatic rings. The van der Waals surface area contributed by atoms with E-state index in [0.717, 1.165) is 153 Å². The van der Waals surface area contributed by atoms with Crippen molar-refractivity contribution in [3.63, 3.8) is 0 Å². The van der Waals surface area contributed by atoms with E-state index in [2.05, 4.69) is 332 Å². The van der Waals surface area contributed by atoms with Crippen molar-refractivity contribution in [1.82, 2.24) is 59.8 Å². The van der Waals surface area contributed by atoms with Gasteiger partial charge in [-0.05, 0) is 218 Å². The molecule has 18 rings (SSSR count). The largest absolute Gasteiger partial charge is 0.264 e. The fourth-order valence-corrected chi connectivity index (χ4v) is 12.6. The summed E-state index contributed by atoms with van der Waals surface area (Å²) in [5, 5.41) is 21.3. The minimum absolute atomic E-state index is 0.817. The number of hydrogen-bond donors (Lipinski definition) is 0. The Hall–Kier alpha value is -11.8. The monoisotopic (exact) mass is 1600 g/mol. The van der Waals surface area contributed by atoms with Gasteiger partial charge in [-0.3, -0.25) is 49.8 Å². The van der Waals surface area contributed by atoms with Crippen LogP contribution < -0.4 is 0 Å². The van der Waals surface area contributed by atoms with Gasteiger partial charge in [0.05, 0.1) is 33.1 Å². The molecule has 12 heteroatoms. The number of aryl methyl sites for hydroxylation is 12. The molecule has 0 saturated heterocycles. The Balaban J connectivity index is 0.000000188. The lowest BCUT2D eigenvalue weighted by Crippen LogP contribution is -1.92. The average molecular weight is 1600 g/mol. The van der Waals surface area contributed by atoms with E-state index < -0.39 is 0 Å². The van der Waals surface area contributed by atoms with Crippen LogP contribution in [0.25, 0.3) is 130 Å². The molecule has 0 unspecified atom stereocenters. The second-order valence-electron chi connectivity index (χ2n) is 35.0. The van der Waals surface area contributed by atoms with E-state index >= 15 is 0 Å². The molecule has 11 heterocycles. The number of hydrogen-bond acceptors (Lipinski definition) is 12. The van der Waals surface area contributed by atoms with Gasteiger partial charge in [-0.15, -0.1) is 0 Å². The van der Waals surface area contributed by atoms with Gasteiger partial charge in [-0.1, -0.05) is 246 Å². The van der Waals surface area contributed by atoms with Crippen LogP contribution in [0.15, 0.2) is 219 Å². The second kappa shape index (κ2) is 46.0. The van der Waals surface area contributed by atoms with Gasteiger partial charge in [-0.25, -0.2) is 9.97 Å². The average Bonchev–Trinajstić information content (AvgIpc) is 0.775. The van der Waals surface area contributed by atoms with E-state index in [1.54, 1.807) is 0 Å². The van der Waals surface area contributed by atoms with E-state index in [1.807, 2.05) is 155 Å².